The number of anilines is 4. The summed E-state index contributed by atoms with van der Waals surface area (Å²) >= 11 is 0. The zero-order valence-corrected chi connectivity index (χ0v) is 21.4. The van der Waals surface area contributed by atoms with Crippen LogP contribution in [0.1, 0.15) is 16.1 Å². The number of morpholine rings is 1. The number of benzene rings is 1. The lowest BCUT2D eigenvalue weighted by Gasteiger charge is -2.36. The van der Waals surface area contributed by atoms with Crippen LogP contribution >= 0.6 is 0 Å². The van der Waals surface area contributed by atoms with Gasteiger partial charge in [-0.05, 0) is 13.0 Å². The van der Waals surface area contributed by atoms with Crippen LogP contribution in [0.5, 0.6) is 0 Å². The van der Waals surface area contributed by atoms with Crippen molar-refractivity contribution in [2.45, 2.75) is 6.92 Å². The second-order valence-corrected chi connectivity index (χ2v) is 9.53. The smallest absolute Gasteiger partial charge is 0.275 e. The lowest BCUT2D eigenvalue weighted by atomic mass is 10.1. The van der Waals surface area contributed by atoms with Gasteiger partial charge in [-0.3, -0.25) is 9.78 Å². The molecule has 0 saturated carbocycles. The highest BCUT2D eigenvalue weighted by molar-refractivity contribution is 5.98. The Hall–Kier alpha value is -4.32. The summed E-state index contributed by atoms with van der Waals surface area (Å²) in [7, 11) is 0. The molecule has 0 spiro atoms. The number of piperazine rings is 1. The number of pyridine rings is 2. The molecule has 202 valence electrons. The van der Waals surface area contributed by atoms with E-state index in [1.165, 1.54) is 18.7 Å². The topological polar surface area (TPSA) is 99.9 Å². The summed E-state index contributed by atoms with van der Waals surface area (Å²) in [6, 6.07) is 4.06. The van der Waals surface area contributed by atoms with Crippen molar-refractivity contribution in [3.05, 3.63) is 66.1 Å². The number of aromatic nitrogens is 3. The summed E-state index contributed by atoms with van der Waals surface area (Å²) in [6.07, 6.45) is 6.01. The summed E-state index contributed by atoms with van der Waals surface area (Å²) < 4.78 is 39.8. The molecule has 2 aliphatic rings. The maximum atomic E-state index is 15.2. The molecule has 5 heterocycles. The molecule has 2 fully saturated rings. The fourth-order valence-corrected chi connectivity index (χ4v) is 5.09. The zero-order valence-electron chi connectivity index (χ0n) is 21.4. The Bertz CT molecular complexity index is 1500. The third kappa shape index (κ3) is 4.94. The van der Waals surface area contributed by atoms with Crippen molar-refractivity contribution in [1.82, 2.24) is 19.9 Å². The van der Waals surface area contributed by atoms with Crippen LogP contribution in [0.15, 0.2) is 47.7 Å². The third-order valence-electron chi connectivity index (χ3n) is 7.11. The van der Waals surface area contributed by atoms with Gasteiger partial charge < -0.3 is 29.2 Å². The Labute approximate surface area is 223 Å². The summed E-state index contributed by atoms with van der Waals surface area (Å²) in [4.78, 5) is 31.6. The van der Waals surface area contributed by atoms with Crippen LogP contribution in [-0.4, -0.2) is 78.2 Å². The number of amides is 1. The number of fused-ring (bicyclic) bond motifs is 1. The quantitative estimate of drug-likeness (QED) is 0.410. The number of hydrogen-bond acceptors (Lipinski definition) is 9. The van der Waals surface area contributed by atoms with Crippen LogP contribution in [0.4, 0.5) is 31.7 Å². The number of rotatable bonds is 5. The predicted molar refractivity (Wildman–Crippen MR) is 142 cm³/mol. The number of nitrogens with zero attached hydrogens (tertiary/aromatic N) is 6. The maximum absolute atomic E-state index is 15.2. The molecular formula is C27H27F2N7O3. The summed E-state index contributed by atoms with van der Waals surface area (Å²) in [5, 5.41) is 3.55. The van der Waals surface area contributed by atoms with Crippen LogP contribution < -0.4 is 15.1 Å². The van der Waals surface area contributed by atoms with E-state index in [1.54, 1.807) is 17.3 Å². The van der Waals surface area contributed by atoms with Gasteiger partial charge in [0, 0.05) is 57.0 Å². The van der Waals surface area contributed by atoms with Crippen LogP contribution in [0.25, 0.3) is 10.9 Å². The molecule has 3 aromatic heterocycles. The van der Waals surface area contributed by atoms with Gasteiger partial charge in [0.1, 0.15) is 23.7 Å². The minimum atomic E-state index is -0.702. The van der Waals surface area contributed by atoms with Gasteiger partial charge in [0.05, 0.1) is 53.6 Å². The Kier molecular flexibility index (Phi) is 6.69. The van der Waals surface area contributed by atoms with E-state index in [4.69, 9.17) is 9.15 Å². The molecule has 6 rings (SSSR count). The van der Waals surface area contributed by atoms with Crippen LogP contribution in [-0.2, 0) is 4.74 Å². The van der Waals surface area contributed by atoms with Gasteiger partial charge >= 0.3 is 0 Å². The maximum Gasteiger partial charge on any atom is 0.275 e. The molecule has 0 bridgehead atoms. The predicted octanol–water partition coefficient (Wildman–Crippen LogP) is 3.75. The van der Waals surface area contributed by atoms with Gasteiger partial charge in [0.25, 0.3) is 5.91 Å². The molecular weight excluding hydrogens is 508 g/mol. The van der Waals surface area contributed by atoms with E-state index in [0.29, 0.717) is 62.1 Å². The molecule has 39 heavy (non-hydrogen) atoms. The van der Waals surface area contributed by atoms with Crippen molar-refractivity contribution in [2.75, 3.05) is 67.6 Å². The Morgan fingerprint density at radius 1 is 1.00 bits per heavy atom. The highest BCUT2D eigenvalue weighted by Gasteiger charge is 2.27. The average Bonchev–Trinajstić information content (AvgIpc) is 3.50. The number of carbonyl (C=O) groups is 1. The first kappa shape index (κ1) is 25.0. The van der Waals surface area contributed by atoms with Gasteiger partial charge in [-0.2, -0.15) is 0 Å². The monoisotopic (exact) mass is 535 g/mol. The minimum Gasteiger partial charge on any atom is -0.451 e. The normalized spacial score (nSPS) is 16.1. The molecule has 0 radical (unpaired) electrons. The van der Waals surface area contributed by atoms with Gasteiger partial charge in [0.15, 0.2) is 12.1 Å². The molecule has 2 aliphatic heterocycles. The van der Waals surface area contributed by atoms with E-state index < -0.39 is 11.6 Å². The van der Waals surface area contributed by atoms with E-state index in [0.717, 1.165) is 24.8 Å². The van der Waals surface area contributed by atoms with Gasteiger partial charge in [0.2, 0.25) is 0 Å². The molecule has 12 heteroatoms. The molecule has 1 aromatic carbocycles. The van der Waals surface area contributed by atoms with Crippen molar-refractivity contribution in [2.24, 2.45) is 0 Å². The third-order valence-corrected chi connectivity index (χ3v) is 7.11. The van der Waals surface area contributed by atoms with E-state index >= 15 is 4.39 Å². The van der Waals surface area contributed by atoms with E-state index in [1.807, 2.05) is 17.9 Å². The van der Waals surface area contributed by atoms with Crippen molar-refractivity contribution < 1.29 is 22.7 Å². The lowest BCUT2D eigenvalue weighted by molar-refractivity contribution is 0.0740. The van der Waals surface area contributed by atoms with Crippen LogP contribution in [0, 0.1) is 18.6 Å². The van der Waals surface area contributed by atoms with E-state index in [9.17, 15) is 9.18 Å². The highest BCUT2D eigenvalue weighted by Crippen LogP contribution is 2.37. The van der Waals surface area contributed by atoms with Gasteiger partial charge in [-0.15, -0.1) is 0 Å². The van der Waals surface area contributed by atoms with Gasteiger partial charge in [-0.1, -0.05) is 0 Å². The largest absolute Gasteiger partial charge is 0.451 e. The summed E-state index contributed by atoms with van der Waals surface area (Å²) in [6.45, 7) is 6.53. The van der Waals surface area contributed by atoms with Gasteiger partial charge in [-0.25, -0.2) is 18.7 Å². The molecule has 1 amide bonds. The van der Waals surface area contributed by atoms with Crippen molar-refractivity contribution in [3.63, 3.8) is 0 Å². The first-order chi connectivity index (χ1) is 19.0. The van der Waals surface area contributed by atoms with Crippen molar-refractivity contribution in [1.29, 1.82) is 0 Å². The fraction of sp³-hybridized carbons (Fsp3) is 0.333. The fourth-order valence-electron chi connectivity index (χ4n) is 5.09. The molecule has 0 aliphatic carbocycles. The molecule has 0 atom stereocenters. The number of hydrogen-bond donors (Lipinski definition) is 1. The molecule has 2 saturated heterocycles. The Morgan fingerprint density at radius 3 is 2.54 bits per heavy atom. The lowest BCUT2D eigenvalue weighted by Crippen LogP contribution is -2.49. The number of oxazole rings is 1. The number of nitrogens with one attached hydrogen (secondary N) is 1. The minimum absolute atomic E-state index is 0.203. The molecule has 4 aromatic rings. The molecule has 0 unspecified atom stereocenters. The first-order valence-electron chi connectivity index (χ1n) is 12.7. The van der Waals surface area contributed by atoms with E-state index in [2.05, 4.69) is 25.2 Å². The molecule has 1 N–H and O–H groups in total. The average molecular weight is 536 g/mol. The van der Waals surface area contributed by atoms with E-state index in [-0.39, 0.29) is 22.5 Å². The second kappa shape index (κ2) is 10.4. The van der Waals surface area contributed by atoms with Crippen LogP contribution in [0.2, 0.25) is 0 Å². The second-order valence-electron chi connectivity index (χ2n) is 9.53. The SMILES string of the molecule is Cc1c(N2CCN(C(=O)c3cocn3)CC2)nc2cc(F)cc(F)c2c1Nc1cncc(N2CCOCC2)c1. The highest BCUT2D eigenvalue weighted by atomic mass is 19.1. The van der Waals surface area contributed by atoms with Crippen molar-refractivity contribution >= 4 is 39.7 Å². The number of halogens is 2. The van der Waals surface area contributed by atoms with Crippen molar-refractivity contribution in [3.8, 4) is 0 Å². The number of carbonyl (C=O) groups excluding carboxylic acids is 1. The Morgan fingerprint density at radius 2 is 1.79 bits per heavy atom. The summed E-state index contributed by atoms with van der Waals surface area (Å²) in [5.41, 5.74) is 3.27. The number of ether oxygens (including phenoxy) is 1. The molecule has 10 nitrogen and oxygen atoms in total. The Balaban J connectivity index is 1.32. The van der Waals surface area contributed by atoms with Crippen LogP contribution in [0.3, 0.4) is 0 Å². The first-order valence-corrected chi connectivity index (χ1v) is 12.7. The zero-order chi connectivity index (χ0) is 26.9. The summed E-state index contributed by atoms with van der Waals surface area (Å²) in [5.74, 6) is -1.01. The standard InChI is InChI=1S/C27H27F2N7O3/c1-17-25(32-19-12-20(14-30-13-19)34-6-8-38-9-7-34)24-21(29)10-18(28)11-22(24)33-26(17)35-2-4-36(5-3-35)27(37)23-15-39-16-31-23/h10-16H,2-9H2,1H3,(H,32,33).